The molecule has 11 heterocycles. The fourth-order valence-electron chi connectivity index (χ4n) is 14.3. The van der Waals surface area contributed by atoms with Crippen LogP contribution >= 0.6 is 0 Å². The first-order chi connectivity index (χ1) is 48.3. The van der Waals surface area contributed by atoms with Crippen molar-refractivity contribution >= 4 is 34.8 Å². The molecule has 21 heteroatoms. The van der Waals surface area contributed by atoms with E-state index in [1.807, 2.05) is 89.2 Å². The van der Waals surface area contributed by atoms with Crippen molar-refractivity contribution in [3.63, 3.8) is 0 Å². The molecule has 0 spiro atoms. The lowest BCUT2D eigenvalue weighted by atomic mass is 9.95. The predicted molar refractivity (Wildman–Crippen MR) is 379 cm³/mol. The van der Waals surface area contributed by atoms with Crippen LogP contribution in [0.25, 0.3) is 50.3 Å². The van der Waals surface area contributed by atoms with Gasteiger partial charge in [-0.2, -0.15) is 0 Å². The zero-order chi connectivity index (χ0) is 67.8. The minimum Gasteiger partial charge on any atom is -0.494 e. The van der Waals surface area contributed by atoms with Crippen LogP contribution in [-0.2, 0) is 51.9 Å². The number of likely N-dealkylation sites (N-methyl/N-ethyl adjacent to an activating group) is 1. The van der Waals surface area contributed by atoms with Crippen molar-refractivity contribution in [1.82, 2.24) is 52.9 Å². The van der Waals surface area contributed by atoms with Crippen LogP contribution in [0, 0.1) is 38.2 Å². The molecular formula is C78H79F3N14O4. The van der Waals surface area contributed by atoms with E-state index < -0.39 is 0 Å². The molecule has 5 aliphatic rings. The fourth-order valence-corrected chi connectivity index (χ4v) is 14.3. The first-order valence-electron chi connectivity index (χ1n) is 34.2. The summed E-state index contributed by atoms with van der Waals surface area (Å²) in [5, 5.41) is 9.96. The van der Waals surface area contributed by atoms with Crippen LogP contribution in [0.3, 0.4) is 0 Å². The Hall–Kier alpha value is -10.5. The molecule has 18 nitrogen and oxygen atoms in total. The number of likely N-dealkylation sites (tertiary alicyclic amines) is 1. The average molecular weight is 1330 g/mol. The van der Waals surface area contributed by atoms with Gasteiger partial charge in [0.1, 0.15) is 57.4 Å². The molecule has 1 fully saturated rings. The summed E-state index contributed by atoms with van der Waals surface area (Å²) in [4.78, 5) is 33.1. The number of aromatic nitrogens is 9. The van der Waals surface area contributed by atoms with Crippen LogP contribution in [0.4, 0.5) is 31.0 Å². The summed E-state index contributed by atoms with van der Waals surface area (Å²) in [5.41, 5.74) is 20.1. The highest BCUT2D eigenvalue weighted by molar-refractivity contribution is 5.81. The Balaban J connectivity index is 0.000000121. The topological polar surface area (TPSA) is 170 Å². The maximum atomic E-state index is 14.6. The largest absolute Gasteiger partial charge is 0.494 e. The van der Waals surface area contributed by atoms with Gasteiger partial charge < -0.3 is 39.8 Å². The molecule has 6 aromatic carbocycles. The number of aryl methyl sites for hydroxylation is 3. The highest BCUT2D eigenvalue weighted by Gasteiger charge is 2.27. The van der Waals surface area contributed by atoms with Gasteiger partial charge in [0.15, 0.2) is 0 Å². The highest BCUT2D eigenvalue weighted by atomic mass is 19.1. The molecule has 0 amide bonds. The SMILES string of the molecule is CCCOc1ccc(-c2cnc(NCc3c(F)ccc4c3CCO4)n3cc(C)nc23)cc1.Cc1cn2c(NCc3c(F)ccc4c3CCO4)ncc(-c3ccc(C4CCCN4C)cc3)c2n1.Cc1cn2c(NCc3c(F)ccc4c3CCO4)ncc(-c3ccc4c(c3)CCN(C)C4)c2n1. The summed E-state index contributed by atoms with van der Waals surface area (Å²) in [6.07, 6.45) is 18.0. The summed E-state index contributed by atoms with van der Waals surface area (Å²) >= 11 is 0. The van der Waals surface area contributed by atoms with Gasteiger partial charge in [0, 0.05) is 145 Å². The van der Waals surface area contributed by atoms with E-state index >= 15 is 0 Å². The van der Waals surface area contributed by atoms with E-state index in [1.54, 1.807) is 24.4 Å². The average Bonchev–Trinajstić information content (AvgIpc) is 1.66. The van der Waals surface area contributed by atoms with E-state index in [0.717, 1.165) is 152 Å². The predicted octanol–water partition coefficient (Wildman–Crippen LogP) is 14.7. The number of hydrogen-bond acceptors (Lipinski definition) is 15. The van der Waals surface area contributed by atoms with E-state index in [4.69, 9.17) is 43.9 Å². The maximum absolute atomic E-state index is 14.6. The lowest BCUT2D eigenvalue weighted by molar-refractivity contribution is 0.313. The zero-order valence-electron chi connectivity index (χ0n) is 56.6. The molecule has 99 heavy (non-hydrogen) atoms. The van der Waals surface area contributed by atoms with Crippen molar-refractivity contribution in [1.29, 1.82) is 0 Å². The molecule has 17 rings (SSSR count). The Labute approximate surface area is 572 Å². The first-order valence-corrected chi connectivity index (χ1v) is 34.2. The van der Waals surface area contributed by atoms with Gasteiger partial charge in [-0.25, -0.2) is 43.1 Å². The molecule has 506 valence electrons. The molecule has 1 saturated heterocycles. The van der Waals surface area contributed by atoms with E-state index in [9.17, 15) is 13.2 Å². The molecule has 0 saturated carbocycles. The van der Waals surface area contributed by atoms with Crippen LogP contribution in [-0.4, -0.2) is 107 Å². The van der Waals surface area contributed by atoms with Gasteiger partial charge in [-0.15, -0.1) is 0 Å². The number of nitrogens with one attached hydrogen (secondary N) is 3. The monoisotopic (exact) mass is 1330 g/mol. The molecule has 3 N–H and O–H groups in total. The lowest BCUT2D eigenvalue weighted by Crippen LogP contribution is -2.26. The zero-order valence-corrected chi connectivity index (χ0v) is 56.6. The molecule has 0 radical (unpaired) electrons. The number of ether oxygens (including phenoxy) is 4. The molecule has 12 aromatic rings. The van der Waals surface area contributed by atoms with Crippen LogP contribution in [0.1, 0.15) is 99.4 Å². The van der Waals surface area contributed by atoms with Crippen LogP contribution < -0.4 is 34.9 Å². The number of rotatable bonds is 16. The van der Waals surface area contributed by atoms with Gasteiger partial charge in [-0.1, -0.05) is 61.5 Å². The molecule has 1 atom stereocenters. The Morgan fingerprint density at radius 3 is 1.37 bits per heavy atom. The van der Waals surface area contributed by atoms with Crippen LogP contribution in [0.2, 0.25) is 0 Å². The molecule has 6 aromatic heterocycles. The third-order valence-corrected chi connectivity index (χ3v) is 19.4. The maximum Gasteiger partial charge on any atom is 0.208 e. The van der Waals surface area contributed by atoms with Gasteiger partial charge >= 0.3 is 0 Å². The van der Waals surface area contributed by atoms with Gasteiger partial charge in [0.05, 0.1) is 43.5 Å². The van der Waals surface area contributed by atoms with Crippen molar-refractivity contribution in [2.45, 2.75) is 105 Å². The smallest absolute Gasteiger partial charge is 0.208 e. The van der Waals surface area contributed by atoms with Gasteiger partial charge in [-0.3, -0.25) is 18.1 Å². The van der Waals surface area contributed by atoms with Crippen LogP contribution in [0.15, 0.2) is 140 Å². The number of fused-ring (bicyclic) bond motifs is 7. The standard InChI is InChI=1S/C27H28FN5O.C26H26FN5O.C25H25FN4O2/c1-17-16-33-26(31-17)21(18-5-7-19(8-6-18)24-4-3-12-32(24)2)14-29-27(33)30-15-22-20-11-13-34-25(20)10-9-23(22)28;1-16-14-32-25(30-16)21(18-3-4-19-15-31(2)9-7-17(19)11-18)12-28-26(32)29-13-22-20-8-10-33-24(20)6-5-23(22)27;1-3-11-31-18-6-4-17(5-7-18)20-13-27-25(30-15-16(2)29-24(20)30)28-14-21-19-10-12-32-23(19)9-8-22(21)26/h5-10,14,16,24H,3-4,11-13,15H2,1-2H3,(H,29,30);3-6,11-12,14H,7-10,13,15H2,1-2H3,(H,28,29);4-9,13,15H,3,10-12,14H2,1-2H3,(H,27,28). The van der Waals surface area contributed by atoms with Crippen LogP contribution in [0.5, 0.6) is 23.0 Å². The van der Waals surface area contributed by atoms with E-state index in [1.165, 1.54) is 47.7 Å². The van der Waals surface area contributed by atoms with Crippen molar-refractivity contribution in [3.8, 4) is 56.4 Å². The highest BCUT2D eigenvalue weighted by Crippen LogP contribution is 2.38. The minimum atomic E-state index is -0.234. The second-order valence-electron chi connectivity index (χ2n) is 26.2. The van der Waals surface area contributed by atoms with Crippen molar-refractivity contribution in [2.75, 3.05) is 69.6 Å². The quantitative estimate of drug-likeness (QED) is 0.0834. The molecular weight excluding hydrogens is 1250 g/mol. The summed E-state index contributed by atoms with van der Waals surface area (Å²) in [6.45, 7) is 14.7. The lowest BCUT2D eigenvalue weighted by Gasteiger charge is -2.25. The van der Waals surface area contributed by atoms with Crippen molar-refractivity contribution < 1.29 is 32.1 Å². The Kier molecular flexibility index (Phi) is 18.1. The number of nitrogens with zero attached hydrogens (tertiary/aromatic N) is 11. The summed E-state index contributed by atoms with van der Waals surface area (Å²) in [7, 11) is 4.35. The van der Waals surface area contributed by atoms with E-state index in [2.05, 4.69) is 94.2 Å². The normalized spacial score (nSPS) is 15.3. The third-order valence-electron chi connectivity index (χ3n) is 19.4. The van der Waals surface area contributed by atoms with Gasteiger partial charge in [-0.05, 0) is 149 Å². The van der Waals surface area contributed by atoms with Crippen molar-refractivity contribution in [3.05, 3.63) is 225 Å². The molecule has 0 bridgehead atoms. The summed E-state index contributed by atoms with van der Waals surface area (Å²) < 4.78 is 72.0. The third kappa shape index (κ3) is 13.2. The minimum absolute atomic E-state index is 0.221. The van der Waals surface area contributed by atoms with E-state index in [0.29, 0.717) is 93.1 Å². The molecule has 1 unspecified atom stereocenters. The number of hydrogen-bond donors (Lipinski definition) is 3. The number of halogens is 3. The van der Waals surface area contributed by atoms with E-state index in [-0.39, 0.29) is 17.5 Å². The second kappa shape index (κ2) is 27.8. The summed E-state index contributed by atoms with van der Waals surface area (Å²) in [5.74, 6) is 4.38. The second-order valence-corrected chi connectivity index (χ2v) is 26.2. The fraction of sp³-hybridized carbons (Fsp3) is 0.308. The Bertz CT molecular complexity index is 4990. The number of anilines is 3. The Morgan fingerprint density at radius 2 is 0.939 bits per heavy atom. The Morgan fingerprint density at radius 1 is 0.505 bits per heavy atom. The van der Waals surface area contributed by atoms with Gasteiger partial charge in [0.25, 0.3) is 0 Å². The molecule has 0 aliphatic carbocycles. The van der Waals surface area contributed by atoms with Crippen molar-refractivity contribution in [2.24, 2.45) is 0 Å². The molecule has 5 aliphatic heterocycles. The van der Waals surface area contributed by atoms with Gasteiger partial charge in [0.2, 0.25) is 17.8 Å². The summed E-state index contributed by atoms with van der Waals surface area (Å²) in [6, 6.07) is 33.4. The number of imidazole rings is 3. The number of benzene rings is 6. The first kappa shape index (κ1) is 64.5.